The van der Waals surface area contributed by atoms with Crippen LogP contribution in [-0.2, 0) is 17.8 Å². The number of nitrogens with zero attached hydrogens (tertiary/aromatic N) is 3. The van der Waals surface area contributed by atoms with Gasteiger partial charge in [0.05, 0.1) is 11.6 Å². The summed E-state index contributed by atoms with van der Waals surface area (Å²) >= 11 is 0. The van der Waals surface area contributed by atoms with Crippen molar-refractivity contribution in [1.82, 2.24) is 20.1 Å². The molecule has 1 aliphatic heterocycles. The van der Waals surface area contributed by atoms with Crippen LogP contribution in [-0.4, -0.2) is 26.2 Å². The van der Waals surface area contributed by atoms with E-state index in [9.17, 15) is 4.79 Å². The van der Waals surface area contributed by atoms with Gasteiger partial charge in [-0.1, -0.05) is 13.8 Å². The van der Waals surface area contributed by atoms with Crippen LogP contribution >= 0.6 is 0 Å². The number of aromatic nitrogens is 3. The lowest BCUT2D eigenvalue weighted by Gasteiger charge is -2.27. The molecule has 1 atom stereocenters. The zero-order chi connectivity index (χ0) is 14.0. The Morgan fingerprint density at radius 1 is 1.47 bits per heavy atom. The molecular weight excluding hydrogens is 242 g/mol. The Labute approximate surface area is 113 Å². The van der Waals surface area contributed by atoms with Crippen LogP contribution in [0.4, 0.5) is 0 Å². The van der Waals surface area contributed by atoms with E-state index in [0.717, 1.165) is 31.0 Å². The molecule has 0 saturated heterocycles. The van der Waals surface area contributed by atoms with Crippen LogP contribution in [0.5, 0.6) is 0 Å². The van der Waals surface area contributed by atoms with Crippen molar-refractivity contribution in [2.24, 2.45) is 5.73 Å². The zero-order valence-corrected chi connectivity index (χ0v) is 11.9. The SMILES string of the molecule is CCC(N)(CC)C(=O)NC(C)c1nnc2n1CCC2. The normalized spacial score (nSPS) is 16.2. The molecule has 1 aliphatic rings. The van der Waals surface area contributed by atoms with Gasteiger partial charge in [-0.2, -0.15) is 0 Å². The highest BCUT2D eigenvalue weighted by atomic mass is 16.2. The molecule has 1 aromatic rings. The number of carbonyl (C=O) groups is 1. The van der Waals surface area contributed by atoms with Gasteiger partial charge in [0, 0.05) is 13.0 Å². The van der Waals surface area contributed by atoms with Crippen LogP contribution < -0.4 is 11.1 Å². The molecule has 0 saturated carbocycles. The highest BCUT2D eigenvalue weighted by Gasteiger charge is 2.32. The van der Waals surface area contributed by atoms with Gasteiger partial charge >= 0.3 is 0 Å². The molecule has 2 heterocycles. The average Bonchev–Trinajstić information content (AvgIpc) is 2.99. The Kier molecular flexibility index (Phi) is 3.89. The molecule has 1 amide bonds. The summed E-state index contributed by atoms with van der Waals surface area (Å²) in [4.78, 5) is 12.2. The van der Waals surface area contributed by atoms with E-state index in [-0.39, 0.29) is 11.9 Å². The molecule has 0 fully saturated rings. The van der Waals surface area contributed by atoms with E-state index in [1.54, 1.807) is 0 Å². The largest absolute Gasteiger partial charge is 0.345 e. The fraction of sp³-hybridized carbons (Fsp3) is 0.769. The summed E-state index contributed by atoms with van der Waals surface area (Å²) in [5.74, 6) is 1.73. The molecule has 0 spiro atoms. The average molecular weight is 265 g/mol. The van der Waals surface area contributed by atoms with Crippen LogP contribution in [0.2, 0.25) is 0 Å². The molecular formula is C13H23N5O. The van der Waals surface area contributed by atoms with E-state index >= 15 is 0 Å². The number of rotatable bonds is 5. The van der Waals surface area contributed by atoms with Crippen LogP contribution in [0.15, 0.2) is 0 Å². The molecule has 0 aromatic carbocycles. The number of aryl methyl sites for hydroxylation is 1. The Morgan fingerprint density at radius 3 is 2.79 bits per heavy atom. The van der Waals surface area contributed by atoms with Crippen molar-refractivity contribution in [3.63, 3.8) is 0 Å². The van der Waals surface area contributed by atoms with E-state index in [4.69, 9.17) is 5.73 Å². The fourth-order valence-corrected chi connectivity index (χ4v) is 2.47. The minimum Gasteiger partial charge on any atom is -0.345 e. The van der Waals surface area contributed by atoms with E-state index in [1.165, 1.54) is 0 Å². The predicted octanol–water partition coefficient (Wildman–Crippen LogP) is 0.919. The van der Waals surface area contributed by atoms with Crippen LogP contribution in [0.25, 0.3) is 0 Å². The van der Waals surface area contributed by atoms with Crippen LogP contribution in [0.1, 0.15) is 57.7 Å². The maximum absolute atomic E-state index is 12.2. The summed E-state index contributed by atoms with van der Waals surface area (Å²) in [5.41, 5.74) is 5.31. The number of nitrogens with two attached hydrogens (primary N) is 1. The van der Waals surface area contributed by atoms with E-state index in [2.05, 4.69) is 20.1 Å². The number of hydrogen-bond donors (Lipinski definition) is 2. The van der Waals surface area contributed by atoms with Crippen LogP contribution in [0.3, 0.4) is 0 Å². The van der Waals surface area contributed by atoms with Gasteiger partial charge in [-0.05, 0) is 26.2 Å². The Bertz CT molecular complexity index is 464. The van der Waals surface area contributed by atoms with Crippen molar-refractivity contribution < 1.29 is 4.79 Å². The molecule has 2 rings (SSSR count). The molecule has 1 aromatic heterocycles. The van der Waals surface area contributed by atoms with Gasteiger partial charge < -0.3 is 15.6 Å². The van der Waals surface area contributed by atoms with Crippen molar-refractivity contribution in [2.75, 3.05) is 0 Å². The number of hydrogen-bond acceptors (Lipinski definition) is 4. The van der Waals surface area contributed by atoms with Gasteiger partial charge in [0.25, 0.3) is 0 Å². The molecule has 0 radical (unpaired) electrons. The lowest BCUT2D eigenvalue weighted by molar-refractivity contribution is -0.127. The summed E-state index contributed by atoms with van der Waals surface area (Å²) in [6, 6.07) is -0.159. The Balaban J connectivity index is 2.09. The highest BCUT2D eigenvalue weighted by molar-refractivity contribution is 5.86. The Hall–Kier alpha value is -1.43. The van der Waals surface area contributed by atoms with Gasteiger partial charge in [-0.15, -0.1) is 10.2 Å². The van der Waals surface area contributed by atoms with Crippen LogP contribution in [0, 0.1) is 0 Å². The smallest absolute Gasteiger partial charge is 0.240 e. The third-order valence-corrected chi connectivity index (χ3v) is 4.09. The maximum Gasteiger partial charge on any atom is 0.240 e. The lowest BCUT2D eigenvalue weighted by atomic mass is 9.93. The number of nitrogens with one attached hydrogen (secondary N) is 1. The highest BCUT2D eigenvalue weighted by Crippen LogP contribution is 2.20. The molecule has 0 bridgehead atoms. The van der Waals surface area contributed by atoms with Crippen molar-refractivity contribution in [2.45, 2.75) is 64.6 Å². The number of amides is 1. The first kappa shape index (κ1) is 14.0. The summed E-state index contributed by atoms with van der Waals surface area (Å²) < 4.78 is 2.10. The second kappa shape index (κ2) is 5.28. The summed E-state index contributed by atoms with van der Waals surface area (Å²) in [6.45, 7) is 6.73. The zero-order valence-electron chi connectivity index (χ0n) is 11.9. The molecule has 0 aliphatic carbocycles. The first-order chi connectivity index (χ1) is 9.01. The van der Waals surface area contributed by atoms with Gasteiger partial charge in [-0.3, -0.25) is 4.79 Å². The fourth-order valence-electron chi connectivity index (χ4n) is 2.47. The van der Waals surface area contributed by atoms with Gasteiger partial charge in [0.2, 0.25) is 5.91 Å². The van der Waals surface area contributed by atoms with Gasteiger partial charge in [-0.25, -0.2) is 0 Å². The number of fused-ring (bicyclic) bond motifs is 1. The first-order valence-electron chi connectivity index (χ1n) is 7.03. The van der Waals surface area contributed by atoms with Gasteiger partial charge in [0.15, 0.2) is 5.82 Å². The monoisotopic (exact) mass is 265 g/mol. The maximum atomic E-state index is 12.2. The first-order valence-corrected chi connectivity index (χ1v) is 7.03. The van der Waals surface area contributed by atoms with Crippen molar-refractivity contribution in [3.8, 4) is 0 Å². The molecule has 19 heavy (non-hydrogen) atoms. The molecule has 6 heteroatoms. The summed E-state index contributed by atoms with van der Waals surface area (Å²) in [7, 11) is 0. The third-order valence-electron chi connectivity index (χ3n) is 4.09. The summed E-state index contributed by atoms with van der Waals surface area (Å²) in [5, 5.41) is 11.3. The van der Waals surface area contributed by atoms with Crippen molar-refractivity contribution >= 4 is 5.91 Å². The predicted molar refractivity (Wildman–Crippen MR) is 72.4 cm³/mol. The second-order valence-corrected chi connectivity index (χ2v) is 5.29. The second-order valence-electron chi connectivity index (χ2n) is 5.29. The van der Waals surface area contributed by atoms with E-state index in [0.29, 0.717) is 12.8 Å². The lowest BCUT2D eigenvalue weighted by Crippen LogP contribution is -2.53. The minimum absolute atomic E-state index is 0.111. The number of carbonyl (C=O) groups excluding carboxylic acids is 1. The third kappa shape index (κ3) is 2.49. The van der Waals surface area contributed by atoms with Crippen molar-refractivity contribution in [3.05, 3.63) is 11.6 Å². The van der Waals surface area contributed by atoms with Gasteiger partial charge in [0.1, 0.15) is 5.82 Å². The topological polar surface area (TPSA) is 85.8 Å². The minimum atomic E-state index is -0.790. The Morgan fingerprint density at radius 2 is 2.16 bits per heavy atom. The summed E-state index contributed by atoms with van der Waals surface area (Å²) in [6.07, 6.45) is 3.32. The quantitative estimate of drug-likeness (QED) is 0.829. The molecule has 6 nitrogen and oxygen atoms in total. The van der Waals surface area contributed by atoms with Crippen molar-refractivity contribution in [1.29, 1.82) is 0 Å². The standard InChI is InChI=1S/C13H23N5O/c1-4-13(14,5-2)12(19)15-9(3)11-17-16-10-7-6-8-18(10)11/h9H,4-8,14H2,1-3H3,(H,15,19). The van der Waals surface area contributed by atoms with E-state index < -0.39 is 5.54 Å². The van der Waals surface area contributed by atoms with E-state index in [1.807, 2.05) is 20.8 Å². The molecule has 106 valence electrons. The molecule has 3 N–H and O–H groups in total. The molecule has 1 unspecified atom stereocenters.